The van der Waals surface area contributed by atoms with Crippen molar-refractivity contribution in [2.75, 3.05) is 20.2 Å². The number of ether oxygens (including phenoxy) is 1. The molecule has 3 aromatic rings. The van der Waals surface area contributed by atoms with Gasteiger partial charge in [-0.15, -0.1) is 0 Å². The van der Waals surface area contributed by atoms with E-state index in [0.29, 0.717) is 0 Å². The molecule has 0 bridgehead atoms. The topological polar surface area (TPSA) is 47.3 Å². The molecule has 0 spiro atoms. The Labute approximate surface area is 174 Å². The van der Waals surface area contributed by atoms with Crippen LogP contribution < -0.4 is 15.8 Å². The Kier molecular flexibility index (Phi) is 7.85. The molecule has 0 unspecified atom stereocenters. The van der Waals surface area contributed by atoms with Crippen LogP contribution >= 0.6 is 0 Å². The fourth-order valence-corrected chi connectivity index (χ4v) is 3.92. The highest BCUT2D eigenvalue weighted by Crippen LogP contribution is 2.37. The van der Waals surface area contributed by atoms with Gasteiger partial charge in [0, 0.05) is 0 Å². The number of nitrogens with one attached hydrogen (secondary N) is 1. The summed E-state index contributed by atoms with van der Waals surface area (Å²) in [5.41, 5.74) is 8.90. The van der Waals surface area contributed by atoms with E-state index < -0.39 is 5.54 Å². The Bertz CT molecular complexity index is 792. The Morgan fingerprint density at radius 2 is 1.21 bits per heavy atom. The van der Waals surface area contributed by atoms with E-state index in [9.17, 15) is 0 Å². The van der Waals surface area contributed by atoms with Gasteiger partial charge >= 0.3 is 0 Å². The third-order valence-electron chi connectivity index (χ3n) is 5.46. The smallest absolute Gasteiger partial charge is 0.118 e. The highest BCUT2D eigenvalue weighted by molar-refractivity contribution is 5.50. The minimum atomic E-state index is -0.414. The molecule has 3 N–H and O–H groups in total. The van der Waals surface area contributed by atoms with Gasteiger partial charge < -0.3 is 10.5 Å². The van der Waals surface area contributed by atoms with Crippen molar-refractivity contribution >= 4 is 0 Å². The van der Waals surface area contributed by atoms with Gasteiger partial charge in [-0.2, -0.15) is 0 Å². The first kappa shape index (κ1) is 21.1. The summed E-state index contributed by atoms with van der Waals surface area (Å²) in [6.07, 6.45) is 4.59. The number of hydrogen-bond acceptors (Lipinski definition) is 3. The summed E-state index contributed by atoms with van der Waals surface area (Å²) in [5, 5.41) is 3.92. The predicted octanol–water partition coefficient (Wildman–Crippen LogP) is 5.10. The molecule has 0 aliphatic rings. The van der Waals surface area contributed by atoms with Crippen LogP contribution in [-0.2, 0) is 5.54 Å². The molecule has 0 aromatic heterocycles. The Balaban J connectivity index is 2.01. The van der Waals surface area contributed by atoms with Crippen molar-refractivity contribution in [2.45, 2.75) is 31.2 Å². The molecular formula is C26H32N2O. The van der Waals surface area contributed by atoms with Crippen molar-refractivity contribution in [3.05, 3.63) is 102 Å². The Hall–Kier alpha value is -2.62. The molecule has 3 aromatic carbocycles. The zero-order valence-electron chi connectivity index (χ0n) is 17.3. The fourth-order valence-electron chi connectivity index (χ4n) is 3.92. The summed E-state index contributed by atoms with van der Waals surface area (Å²) in [6, 6.07) is 29.8. The van der Waals surface area contributed by atoms with E-state index in [-0.39, 0.29) is 0 Å². The van der Waals surface area contributed by atoms with Crippen LogP contribution in [0.5, 0.6) is 5.75 Å². The van der Waals surface area contributed by atoms with Crippen LogP contribution in [0.15, 0.2) is 84.9 Å². The second-order valence-corrected chi connectivity index (χ2v) is 7.34. The standard InChI is InChI=1S/C26H32N2O/c1-29-25-18-16-24(17-19-25)26(22-12-6-4-7-13-22,23-14-8-5-9-15-23)28-21-11-3-2-10-20-27/h4-9,12-19,28H,2-3,10-11,20-21,27H2,1H3. The Morgan fingerprint density at radius 1 is 0.690 bits per heavy atom. The first-order valence-electron chi connectivity index (χ1n) is 10.5. The van der Waals surface area contributed by atoms with Crippen LogP contribution in [-0.4, -0.2) is 20.2 Å². The molecule has 0 atom stereocenters. The van der Waals surface area contributed by atoms with Crippen LogP contribution in [0.25, 0.3) is 0 Å². The maximum atomic E-state index is 5.64. The van der Waals surface area contributed by atoms with Crippen molar-refractivity contribution in [3.63, 3.8) is 0 Å². The number of rotatable bonds is 11. The third kappa shape index (κ3) is 5.06. The second-order valence-electron chi connectivity index (χ2n) is 7.34. The van der Waals surface area contributed by atoms with Gasteiger partial charge in [0.15, 0.2) is 0 Å². The first-order chi connectivity index (χ1) is 14.3. The second kappa shape index (κ2) is 10.8. The summed E-state index contributed by atoms with van der Waals surface area (Å²) in [7, 11) is 1.70. The highest BCUT2D eigenvalue weighted by Gasteiger charge is 2.35. The summed E-state index contributed by atoms with van der Waals surface area (Å²) < 4.78 is 5.40. The molecule has 152 valence electrons. The number of unbranched alkanes of at least 4 members (excludes halogenated alkanes) is 3. The predicted molar refractivity (Wildman–Crippen MR) is 121 cm³/mol. The minimum Gasteiger partial charge on any atom is -0.497 e. The number of benzene rings is 3. The number of nitrogens with two attached hydrogens (primary N) is 1. The van der Waals surface area contributed by atoms with Crippen molar-refractivity contribution < 1.29 is 4.74 Å². The largest absolute Gasteiger partial charge is 0.497 e. The van der Waals surface area contributed by atoms with E-state index in [2.05, 4.69) is 78.1 Å². The molecule has 0 saturated carbocycles. The lowest BCUT2D eigenvalue weighted by atomic mass is 9.77. The quantitative estimate of drug-likeness (QED) is 0.355. The van der Waals surface area contributed by atoms with Crippen LogP contribution in [0.2, 0.25) is 0 Å². The summed E-state index contributed by atoms with van der Waals surface area (Å²) in [5.74, 6) is 0.866. The van der Waals surface area contributed by atoms with Gasteiger partial charge in [0.05, 0.1) is 12.6 Å². The normalized spacial score (nSPS) is 11.4. The van der Waals surface area contributed by atoms with E-state index in [1.807, 2.05) is 12.1 Å². The van der Waals surface area contributed by atoms with Gasteiger partial charge in [0.1, 0.15) is 5.75 Å². The van der Waals surface area contributed by atoms with Gasteiger partial charge in [0.25, 0.3) is 0 Å². The van der Waals surface area contributed by atoms with E-state index in [0.717, 1.165) is 31.7 Å². The zero-order valence-corrected chi connectivity index (χ0v) is 17.3. The zero-order chi connectivity index (χ0) is 20.4. The monoisotopic (exact) mass is 388 g/mol. The highest BCUT2D eigenvalue weighted by atomic mass is 16.5. The lowest BCUT2D eigenvalue weighted by Crippen LogP contribution is -2.45. The van der Waals surface area contributed by atoms with Crippen molar-refractivity contribution in [1.82, 2.24) is 5.32 Å². The molecule has 0 amide bonds. The molecule has 3 nitrogen and oxygen atoms in total. The molecule has 0 radical (unpaired) electrons. The van der Waals surface area contributed by atoms with E-state index in [1.54, 1.807) is 7.11 Å². The summed E-state index contributed by atoms with van der Waals surface area (Å²) in [4.78, 5) is 0. The summed E-state index contributed by atoms with van der Waals surface area (Å²) in [6.45, 7) is 1.71. The molecule has 29 heavy (non-hydrogen) atoms. The third-order valence-corrected chi connectivity index (χ3v) is 5.46. The van der Waals surface area contributed by atoms with Crippen molar-refractivity contribution in [3.8, 4) is 5.75 Å². The van der Waals surface area contributed by atoms with Crippen LogP contribution in [0.1, 0.15) is 42.4 Å². The van der Waals surface area contributed by atoms with Crippen LogP contribution in [0.4, 0.5) is 0 Å². The van der Waals surface area contributed by atoms with Crippen molar-refractivity contribution in [1.29, 1.82) is 0 Å². The lowest BCUT2D eigenvalue weighted by Gasteiger charge is -2.37. The molecule has 0 heterocycles. The maximum Gasteiger partial charge on any atom is 0.118 e. The molecule has 0 aliphatic carbocycles. The molecular weight excluding hydrogens is 356 g/mol. The first-order valence-corrected chi connectivity index (χ1v) is 10.5. The molecule has 0 saturated heterocycles. The molecule has 0 fully saturated rings. The lowest BCUT2D eigenvalue weighted by molar-refractivity contribution is 0.413. The molecule has 3 rings (SSSR count). The Morgan fingerprint density at radius 3 is 1.72 bits per heavy atom. The molecule has 0 aliphatic heterocycles. The maximum absolute atomic E-state index is 5.64. The van der Waals surface area contributed by atoms with Gasteiger partial charge in [-0.3, -0.25) is 5.32 Å². The number of hydrogen-bond donors (Lipinski definition) is 2. The average Bonchev–Trinajstić information content (AvgIpc) is 2.80. The molecule has 3 heteroatoms. The van der Waals surface area contributed by atoms with Crippen LogP contribution in [0, 0.1) is 0 Å². The summed E-state index contributed by atoms with van der Waals surface area (Å²) >= 11 is 0. The van der Waals surface area contributed by atoms with Gasteiger partial charge in [-0.05, 0) is 54.8 Å². The minimum absolute atomic E-state index is 0.414. The SMILES string of the molecule is COc1ccc(C(NCCCCCCN)(c2ccccc2)c2ccccc2)cc1. The van der Waals surface area contributed by atoms with Gasteiger partial charge in [-0.1, -0.05) is 85.6 Å². The van der Waals surface area contributed by atoms with Crippen molar-refractivity contribution in [2.24, 2.45) is 5.73 Å². The van der Waals surface area contributed by atoms with E-state index in [1.165, 1.54) is 29.5 Å². The van der Waals surface area contributed by atoms with E-state index in [4.69, 9.17) is 10.5 Å². The van der Waals surface area contributed by atoms with Gasteiger partial charge in [0.2, 0.25) is 0 Å². The van der Waals surface area contributed by atoms with Gasteiger partial charge in [-0.25, -0.2) is 0 Å². The average molecular weight is 389 g/mol. The van der Waals surface area contributed by atoms with E-state index >= 15 is 0 Å². The fraction of sp³-hybridized carbons (Fsp3) is 0.308. The number of methoxy groups -OCH3 is 1. The van der Waals surface area contributed by atoms with Crippen LogP contribution in [0.3, 0.4) is 0 Å².